The average Bonchev–Trinajstić information content (AvgIpc) is 3.42. The van der Waals surface area contributed by atoms with Crippen LogP contribution < -0.4 is 9.64 Å². The van der Waals surface area contributed by atoms with E-state index in [0.29, 0.717) is 24.0 Å². The maximum atomic E-state index is 13.4. The Hall–Kier alpha value is -2.49. The number of morpholine rings is 1. The summed E-state index contributed by atoms with van der Waals surface area (Å²) in [6.07, 6.45) is 1.83. The molecule has 1 aliphatic rings. The van der Waals surface area contributed by atoms with Crippen LogP contribution in [0.4, 0.5) is 5.13 Å². The molecule has 160 valence electrons. The van der Waals surface area contributed by atoms with Crippen molar-refractivity contribution in [1.82, 2.24) is 19.7 Å². The lowest BCUT2D eigenvalue weighted by atomic mass is 10.3. The van der Waals surface area contributed by atoms with Crippen molar-refractivity contribution in [2.24, 2.45) is 0 Å². The lowest BCUT2D eigenvalue weighted by Crippen LogP contribution is -2.43. The maximum Gasteiger partial charge on any atom is 0.280 e. The van der Waals surface area contributed by atoms with Crippen molar-refractivity contribution in [3.63, 3.8) is 0 Å². The summed E-state index contributed by atoms with van der Waals surface area (Å²) in [4.78, 5) is 22.2. The monoisotopic (exact) mass is 429 g/mol. The Morgan fingerprint density at radius 2 is 2.10 bits per heavy atom. The standard InChI is InChI=1S/C21H27N5O3S/c1-3-25-9-8-16(23-25)20(27)26(11-10-24-12-14-28-15-13-24)21-22-19-17(29-4-2)6-5-7-18(19)30-21/h5-9H,3-4,10-15H2,1-2H3. The van der Waals surface area contributed by atoms with Crippen LogP contribution in [0.15, 0.2) is 30.5 Å². The minimum absolute atomic E-state index is 0.132. The molecule has 3 heterocycles. The van der Waals surface area contributed by atoms with Gasteiger partial charge in [-0.25, -0.2) is 4.98 Å². The number of thiazole rings is 1. The number of ether oxygens (including phenoxy) is 2. The second-order valence-corrected chi connectivity index (χ2v) is 8.01. The molecule has 0 unspecified atom stereocenters. The second-order valence-electron chi connectivity index (χ2n) is 7.00. The number of nitrogens with zero attached hydrogens (tertiary/aromatic N) is 5. The van der Waals surface area contributed by atoms with Crippen LogP contribution in [0, 0.1) is 0 Å². The zero-order chi connectivity index (χ0) is 20.9. The van der Waals surface area contributed by atoms with E-state index in [1.54, 1.807) is 15.6 Å². The predicted octanol–water partition coefficient (Wildman–Crippen LogP) is 2.89. The summed E-state index contributed by atoms with van der Waals surface area (Å²) in [5.74, 6) is 0.612. The van der Waals surface area contributed by atoms with Gasteiger partial charge in [-0.05, 0) is 32.0 Å². The third-order valence-corrected chi connectivity index (χ3v) is 6.12. The highest BCUT2D eigenvalue weighted by Crippen LogP contribution is 2.34. The fourth-order valence-corrected chi connectivity index (χ4v) is 4.45. The zero-order valence-electron chi connectivity index (χ0n) is 17.4. The van der Waals surface area contributed by atoms with Gasteiger partial charge in [0, 0.05) is 38.9 Å². The van der Waals surface area contributed by atoms with E-state index in [2.05, 4.69) is 10.00 Å². The van der Waals surface area contributed by atoms with Crippen molar-refractivity contribution in [3.05, 3.63) is 36.2 Å². The summed E-state index contributed by atoms with van der Waals surface area (Å²) in [6.45, 7) is 9.76. The number of para-hydroxylation sites is 1. The first kappa shape index (κ1) is 20.8. The zero-order valence-corrected chi connectivity index (χ0v) is 18.2. The molecule has 1 fully saturated rings. The molecule has 30 heavy (non-hydrogen) atoms. The largest absolute Gasteiger partial charge is 0.492 e. The van der Waals surface area contributed by atoms with E-state index < -0.39 is 0 Å². The van der Waals surface area contributed by atoms with Gasteiger partial charge in [-0.3, -0.25) is 19.3 Å². The van der Waals surface area contributed by atoms with E-state index >= 15 is 0 Å². The summed E-state index contributed by atoms with van der Waals surface area (Å²) < 4.78 is 13.9. The van der Waals surface area contributed by atoms with Gasteiger partial charge in [-0.15, -0.1) is 0 Å². The number of carbonyl (C=O) groups excluding carboxylic acids is 1. The number of fused-ring (bicyclic) bond motifs is 1. The first-order valence-electron chi connectivity index (χ1n) is 10.4. The van der Waals surface area contributed by atoms with E-state index in [9.17, 15) is 4.79 Å². The van der Waals surface area contributed by atoms with Gasteiger partial charge < -0.3 is 9.47 Å². The quantitative estimate of drug-likeness (QED) is 0.548. The highest BCUT2D eigenvalue weighted by Gasteiger charge is 2.25. The van der Waals surface area contributed by atoms with E-state index in [-0.39, 0.29) is 5.91 Å². The van der Waals surface area contributed by atoms with Gasteiger partial charge in [-0.1, -0.05) is 17.4 Å². The molecular weight excluding hydrogens is 402 g/mol. The van der Waals surface area contributed by atoms with Crippen molar-refractivity contribution >= 4 is 32.6 Å². The number of benzene rings is 1. The summed E-state index contributed by atoms with van der Waals surface area (Å²) >= 11 is 1.50. The van der Waals surface area contributed by atoms with Crippen LogP contribution in [0.25, 0.3) is 10.2 Å². The molecule has 0 spiro atoms. The number of aryl methyl sites for hydroxylation is 1. The molecule has 4 rings (SSSR count). The molecule has 0 aliphatic carbocycles. The van der Waals surface area contributed by atoms with Crippen molar-refractivity contribution in [1.29, 1.82) is 0 Å². The number of hydrogen-bond acceptors (Lipinski definition) is 7. The van der Waals surface area contributed by atoms with E-state index in [0.717, 1.165) is 55.4 Å². The molecule has 0 saturated carbocycles. The van der Waals surface area contributed by atoms with Crippen LogP contribution in [-0.4, -0.2) is 71.6 Å². The van der Waals surface area contributed by atoms with Gasteiger partial charge in [0.05, 0.1) is 24.5 Å². The van der Waals surface area contributed by atoms with Crippen molar-refractivity contribution < 1.29 is 14.3 Å². The first-order valence-corrected chi connectivity index (χ1v) is 11.2. The third-order valence-electron chi connectivity index (χ3n) is 5.07. The lowest BCUT2D eigenvalue weighted by molar-refractivity contribution is 0.0391. The van der Waals surface area contributed by atoms with Crippen molar-refractivity contribution in [2.45, 2.75) is 20.4 Å². The average molecular weight is 430 g/mol. The Labute approximate surface area is 180 Å². The summed E-state index contributed by atoms with van der Waals surface area (Å²) in [5.41, 5.74) is 1.23. The van der Waals surface area contributed by atoms with Gasteiger partial charge in [0.25, 0.3) is 5.91 Å². The van der Waals surface area contributed by atoms with Crippen molar-refractivity contribution in [2.75, 3.05) is 50.9 Å². The molecule has 0 bridgehead atoms. The second kappa shape index (κ2) is 9.55. The molecule has 1 amide bonds. The molecule has 1 saturated heterocycles. The van der Waals surface area contributed by atoms with Gasteiger partial charge in [0.1, 0.15) is 11.3 Å². The molecular formula is C21H27N5O3S. The Morgan fingerprint density at radius 1 is 1.27 bits per heavy atom. The molecule has 1 aromatic carbocycles. The normalized spacial score (nSPS) is 14.9. The van der Waals surface area contributed by atoms with E-state index in [1.807, 2.05) is 38.2 Å². The number of carbonyl (C=O) groups is 1. The molecule has 0 N–H and O–H groups in total. The molecule has 8 nitrogen and oxygen atoms in total. The van der Waals surface area contributed by atoms with E-state index in [1.165, 1.54) is 11.3 Å². The molecule has 2 aromatic heterocycles. The number of anilines is 1. The Kier molecular flexibility index (Phi) is 6.61. The molecule has 3 aromatic rings. The van der Waals surface area contributed by atoms with E-state index in [4.69, 9.17) is 14.5 Å². The Balaban J connectivity index is 1.64. The highest BCUT2D eigenvalue weighted by atomic mass is 32.1. The first-order chi connectivity index (χ1) is 14.7. The number of aromatic nitrogens is 3. The van der Waals surface area contributed by atoms with Gasteiger partial charge in [0.2, 0.25) is 0 Å². The lowest BCUT2D eigenvalue weighted by Gasteiger charge is -2.29. The van der Waals surface area contributed by atoms with Crippen LogP contribution in [0.3, 0.4) is 0 Å². The smallest absolute Gasteiger partial charge is 0.280 e. The van der Waals surface area contributed by atoms with Gasteiger partial charge in [0.15, 0.2) is 10.8 Å². The fraction of sp³-hybridized carbons (Fsp3) is 0.476. The van der Waals surface area contributed by atoms with Crippen LogP contribution >= 0.6 is 11.3 Å². The van der Waals surface area contributed by atoms with Crippen LogP contribution in [0.1, 0.15) is 24.3 Å². The minimum atomic E-state index is -0.132. The molecule has 9 heteroatoms. The number of rotatable bonds is 8. The minimum Gasteiger partial charge on any atom is -0.492 e. The Morgan fingerprint density at radius 3 is 2.83 bits per heavy atom. The third kappa shape index (κ3) is 4.48. The summed E-state index contributed by atoms with van der Waals surface area (Å²) in [5, 5.41) is 5.08. The summed E-state index contributed by atoms with van der Waals surface area (Å²) in [7, 11) is 0. The molecule has 1 aliphatic heterocycles. The number of hydrogen-bond donors (Lipinski definition) is 0. The van der Waals surface area contributed by atoms with Crippen LogP contribution in [0.2, 0.25) is 0 Å². The Bertz CT molecular complexity index is 996. The van der Waals surface area contributed by atoms with Crippen molar-refractivity contribution in [3.8, 4) is 5.75 Å². The van der Waals surface area contributed by atoms with Crippen LogP contribution in [0.5, 0.6) is 5.75 Å². The van der Waals surface area contributed by atoms with Gasteiger partial charge in [-0.2, -0.15) is 5.10 Å². The topological polar surface area (TPSA) is 72.7 Å². The molecule has 0 radical (unpaired) electrons. The van der Waals surface area contributed by atoms with Gasteiger partial charge >= 0.3 is 0 Å². The summed E-state index contributed by atoms with van der Waals surface area (Å²) in [6, 6.07) is 7.65. The van der Waals surface area contributed by atoms with Crippen LogP contribution in [-0.2, 0) is 11.3 Å². The predicted molar refractivity (Wildman–Crippen MR) is 118 cm³/mol. The highest BCUT2D eigenvalue weighted by molar-refractivity contribution is 7.22. The fourth-order valence-electron chi connectivity index (χ4n) is 3.44. The maximum absolute atomic E-state index is 13.4. The SMILES string of the molecule is CCOc1cccc2sc(N(CCN3CCOCC3)C(=O)c3ccn(CC)n3)nc12. The number of amides is 1. The molecule has 0 atom stereocenters.